The van der Waals surface area contributed by atoms with E-state index in [1.54, 1.807) is 0 Å². The van der Waals surface area contributed by atoms with Gasteiger partial charge < -0.3 is 19.1 Å². The second kappa shape index (κ2) is 9.96. The van der Waals surface area contributed by atoms with E-state index in [-0.39, 0.29) is 0 Å². The summed E-state index contributed by atoms with van der Waals surface area (Å²) in [5, 5.41) is 2.04. The average Bonchev–Trinajstić information content (AvgIpc) is 3.16. The monoisotopic (exact) mass is 447 g/mol. The number of aryl methyl sites for hydroxylation is 1. The third kappa shape index (κ3) is 6.21. The second-order valence-corrected chi connectivity index (χ2v) is 7.79. The Morgan fingerprint density at radius 2 is 2.03 bits per heavy atom. The van der Waals surface area contributed by atoms with Gasteiger partial charge in [0.25, 0.3) is 5.56 Å². The van der Waals surface area contributed by atoms with Crippen LogP contribution < -0.4 is 16.3 Å². The third-order valence-corrected chi connectivity index (χ3v) is 5.18. The molecule has 1 aromatic heterocycles. The van der Waals surface area contributed by atoms with Crippen LogP contribution in [0.4, 0.5) is 0 Å². The zero-order valence-electron chi connectivity index (χ0n) is 16.4. The number of hydrogen-bond donors (Lipinski definition) is 3. The summed E-state index contributed by atoms with van der Waals surface area (Å²) in [6, 6.07) is -1.46. The minimum absolute atomic E-state index is 0.301. The molecule has 0 fully saturated rings. The van der Waals surface area contributed by atoms with Gasteiger partial charge in [-0.05, 0) is 13.0 Å². The number of methoxy groups -OCH3 is 2. The molecule has 0 radical (unpaired) electrons. The van der Waals surface area contributed by atoms with Crippen LogP contribution in [0.15, 0.2) is 27.9 Å². The van der Waals surface area contributed by atoms with Gasteiger partial charge in [0.05, 0.1) is 27.2 Å². The number of aromatic amines is 1. The van der Waals surface area contributed by atoms with Crippen molar-refractivity contribution in [3.63, 3.8) is 0 Å². The highest BCUT2D eigenvalue weighted by Gasteiger charge is 2.33. The van der Waals surface area contributed by atoms with Crippen molar-refractivity contribution in [3.05, 3.63) is 44.8 Å². The standard InChI is InChI=1S/C16H22N3O10P/c1-9-7-19(16(23)17-14(9)21)12-5-4-10(29-12)8-28-30(24,25)18-11(15(22)27-3)6-13(20)26-2/h4-5,7,10-12H,6,8H2,1-3H3,(H,17,21,23)(H2,18,24,25)/t10-,11-,12+/m0/s1. The largest absolute Gasteiger partial charge is 0.469 e. The number of H-pyrrole nitrogens is 1. The fourth-order valence-electron chi connectivity index (χ4n) is 2.50. The Balaban J connectivity index is 1.97. The number of ether oxygens (including phenoxy) is 3. The topological polar surface area (TPSA) is 175 Å². The summed E-state index contributed by atoms with van der Waals surface area (Å²) in [6.45, 7) is 1.12. The molecular formula is C16H22N3O10P. The minimum atomic E-state index is -4.54. The van der Waals surface area contributed by atoms with E-state index < -0.39 is 62.3 Å². The van der Waals surface area contributed by atoms with Crippen LogP contribution in [0.5, 0.6) is 0 Å². The van der Waals surface area contributed by atoms with Crippen molar-refractivity contribution in [2.24, 2.45) is 0 Å². The Bertz CT molecular complexity index is 984. The van der Waals surface area contributed by atoms with Crippen molar-refractivity contribution in [1.82, 2.24) is 14.6 Å². The highest BCUT2D eigenvalue weighted by atomic mass is 31.2. The molecule has 1 aliphatic heterocycles. The molecular weight excluding hydrogens is 425 g/mol. The molecule has 0 aliphatic carbocycles. The van der Waals surface area contributed by atoms with Gasteiger partial charge in [-0.15, -0.1) is 0 Å². The highest BCUT2D eigenvalue weighted by molar-refractivity contribution is 7.50. The van der Waals surface area contributed by atoms with Crippen LogP contribution in [0.3, 0.4) is 0 Å². The molecule has 14 heteroatoms. The lowest BCUT2D eigenvalue weighted by atomic mass is 10.2. The number of esters is 2. The summed E-state index contributed by atoms with van der Waals surface area (Å²) < 4.78 is 32.8. The van der Waals surface area contributed by atoms with Gasteiger partial charge in [-0.3, -0.25) is 28.5 Å². The molecule has 4 atom stereocenters. The van der Waals surface area contributed by atoms with Gasteiger partial charge in [0.2, 0.25) is 0 Å². The van der Waals surface area contributed by atoms with E-state index in [2.05, 4.69) is 14.5 Å². The molecule has 0 amide bonds. The van der Waals surface area contributed by atoms with E-state index in [1.807, 2.05) is 5.09 Å². The average molecular weight is 447 g/mol. The maximum Gasteiger partial charge on any atom is 0.403 e. The molecule has 166 valence electrons. The van der Waals surface area contributed by atoms with Crippen molar-refractivity contribution in [2.45, 2.75) is 31.7 Å². The first-order valence-electron chi connectivity index (χ1n) is 8.62. The molecule has 1 aliphatic rings. The summed E-state index contributed by atoms with van der Waals surface area (Å²) in [5.74, 6) is -1.76. The van der Waals surface area contributed by atoms with E-state index in [1.165, 1.54) is 25.3 Å². The van der Waals surface area contributed by atoms with Gasteiger partial charge in [-0.1, -0.05) is 6.08 Å². The van der Waals surface area contributed by atoms with Crippen LogP contribution in [-0.4, -0.2) is 59.4 Å². The normalized spacial score (nSPS) is 21.1. The van der Waals surface area contributed by atoms with Crippen molar-refractivity contribution < 1.29 is 37.8 Å². The summed E-state index contributed by atoms with van der Waals surface area (Å²) in [6.07, 6.45) is 2.14. The van der Waals surface area contributed by atoms with Crippen LogP contribution in [0, 0.1) is 6.92 Å². The maximum absolute atomic E-state index is 12.2. The molecule has 0 saturated heterocycles. The third-order valence-electron chi connectivity index (χ3n) is 4.04. The first kappa shape index (κ1) is 23.7. The Hall–Kier alpha value is -2.57. The first-order valence-corrected chi connectivity index (χ1v) is 10.2. The summed E-state index contributed by atoms with van der Waals surface area (Å²) in [7, 11) is -2.39. The Morgan fingerprint density at radius 1 is 1.33 bits per heavy atom. The van der Waals surface area contributed by atoms with Gasteiger partial charge in [-0.25, -0.2) is 14.4 Å². The Morgan fingerprint density at radius 3 is 2.67 bits per heavy atom. The zero-order chi connectivity index (χ0) is 22.5. The molecule has 1 unspecified atom stereocenters. The van der Waals surface area contributed by atoms with Gasteiger partial charge in [0, 0.05) is 11.8 Å². The Kier molecular flexibility index (Phi) is 7.87. The number of aromatic nitrogens is 2. The van der Waals surface area contributed by atoms with E-state index >= 15 is 0 Å². The predicted molar refractivity (Wildman–Crippen MR) is 100 cm³/mol. The molecule has 2 heterocycles. The number of nitrogens with zero attached hydrogens (tertiary/aromatic N) is 1. The second-order valence-electron chi connectivity index (χ2n) is 6.23. The van der Waals surface area contributed by atoms with Gasteiger partial charge in [0.1, 0.15) is 12.1 Å². The quantitative estimate of drug-likeness (QED) is 0.243. The van der Waals surface area contributed by atoms with Crippen molar-refractivity contribution in [2.75, 3.05) is 20.8 Å². The van der Waals surface area contributed by atoms with Crippen LogP contribution in [0.25, 0.3) is 0 Å². The summed E-state index contributed by atoms with van der Waals surface area (Å²) in [4.78, 5) is 58.6. The van der Waals surface area contributed by atoms with Crippen LogP contribution in [0.2, 0.25) is 0 Å². The smallest absolute Gasteiger partial charge is 0.403 e. The van der Waals surface area contributed by atoms with Crippen molar-refractivity contribution in [3.8, 4) is 0 Å². The fourth-order valence-corrected chi connectivity index (χ4v) is 3.51. The molecule has 3 N–H and O–H groups in total. The molecule has 1 aromatic rings. The molecule has 0 saturated carbocycles. The maximum atomic E-state index is 12.2. The molecule has 0 bridgehead atoms. The lowest BCUT2D eigenvalue weighted by Crippen LogP contribution is -2.38. The minimum Gasteiger partial charge on any atom is -0.469 e. The van der Waals surface area contributed by atoms with E-state index in [9.17, 15) is 28.6 Å². The highest BCUT2D eigenvalue weighted by Crippen LogP contribution is 2.39. The number of hydrogen-bond acceptors (Lipinski definition) is 9. The number of rotatable bonds is 9. The fraction of sp³-hybridized carbons (Fsp3) is 0.500. The Labute approximate surface area is 170 Å². The number of nitrogens with one attached hydrogen (secondary N) is 2. The number of carbonyl (C=O) groups excluding carboxylic acids is 2. The van der Waals surface area contributed by atoms with E-state index in [0.29, 0.717) is 5.56 Å². The first-order chi connectivity index (χ1) is 14.1. The van der Waals surface area contributed by atoms with E-state index in [0.717, 1.165) is 18.8 Å². The molecule has 13 nitrogen and oxygen atoms in total. The SMILES string of the molecule is COC(=O)C[C@H](NP(=O)(O)OC[C@@H]1C=C[C@H](n2cc(C)c(=O)[nH]c2=O)O1)C(=O)OC. The van der Waals surface area contributed by atoms with Gasteiger partial charge in [-0.2, -0.15) is 0 Å². The van der Waals surface area contributed by atoms with Crippen molar-refractivity contribution in [1.29, 1.82) is 0 Å². The van der Waals surface area contributed by atoms with Crippen LogP contribution in [-0.2, 0) is 32.9 Å². The summed E-state index contributed by atoms with van der Waals surface area (Å²) >= 11 is 0. The van der Waals surface area contributed by atoms with Gasteiger partial charge >= 0.3 is 25.4 Å². The van der Waals surface area contributed by atoms with Crippen LogP contribution >= 0.6 is 7.75 Å². The molecule has 2 rings (SSSR count). The molecule has 0 aromatic carbocycles. The lowest BCUT2D eigenvalue weighted by molar-refractivity contribution is -0.149. The predicted octanol–water partition coefficient (Wildman–Crippen LogP) is -0.890. The number of carbonyl (C=O) groups is 2. The van der Waals surface area contributed by atoms with Gasteiger partial charge in [0.15, 0.2) is 6.23 Å². The summed E-state index contributed by atoms with van der Waals surface area (Å²) in [5.41, 5.74) is -0.896. The van der Waals surface area contributed by atoms with Crippen molar-refractivity contribution >= 4 is 19.7 Å². The lowest BCUT2D eigenvalue weighted by Gasteiger charge is -2.21. The van der Waals surface area contributed by atoms with E-state index in [4.69, 9.17) is 9.26 Å². The zero-order valence-corrected chi connectivity index (χ0v) is 17.3. The molecule has 0 spiro atoms. The van der Waals surface area contributed by atoms with Crippen LogP contribution in [0.1, 0.15) is 18.2 Å². The molecule has 30 heavy (non-hydrogen) atoms.